The minimum absolute atomic E-state index is 0.211. The monoisotopic (exact) mass is 203 g/mol. The van der Waals surface area contributed by atoms with Gasteiger partial charge in [0.2, 0.25) is 0 Å². The van der Waals surface area contributed by atoms with Crippen molar-refractivity contribution < 1.29 is 9.47 Å². The van der Waals surface area contributed by atoms with Gasteiger partial charge in [-0.3, -0.25) is 0 Å². The van der Waals surface area contributed by atoms with Gasteiger partial charge < -0.3 is 9.47 Å². The average Bonchev–Trinajstić information content (AvgIpc) is 2.28. The van der Waals surface area contributed by atoms with E-state index in [-0.39, 0.29) is 6.10 Å². The number of ether oxygens (including phenoxy) is 2. The van der Waals surface area contributed by atoms with Crippen LogP contribution in [0.3, 0.4) is 0 Å². The molecule has 0 N–H and O–H groups in total. The van der Waals surface area contributed by atoms with Crippen molar-refractivity contribution >= 4 is 0 Å². The molecule has 0 amide bonds. The molecule has 1 aromatic rings. The van der Waals surface area contributed by atoms with Gasteiger partial charge in [0, 0.05) is 0 Å². The molecule has 1 aliphatic heterocycles. The molecular weight excluding hydrogens is 190 g/mol. The minimum atomic E-state index is -0.534. The standard InChI is InChI=1S/C12H13NO2/c1-12(2,8-13)11-7-14-9-5-3-4-6-10(9)15-11/h3-6,11H,7H2,1-2H3. The van der Waals surface area contributed by atoms with Gasteiger partial charge in [0.15, 0.2) is 17.6 Å². The topological polar surface area (TPSA) is 42.2 Å². The van der Waals surface area contributed by atoms with E-state index in [9.17, 15) is 0 Å². The van der Waals surface area contributed by atoms with Crippen LogP contribution in [0.5, 0.6) is 11.5 Å². The van der Waals surface area contributed by atoms with Crippen molar-refractivity contribution in [3.05, 3.63) is 24.3 Å². The van der Waals surface area contributed by atoms with E-state index in [1.54, 1.807) is 0 Å². The Morgan fingerprint density at radius 1 is 1.33 bits per heavy atom. The van der Waals surface area contributed by atoms with Crippen LogP contribution in [0, 0.1) is 16.7 Å². The van der Waals surface area contributed by atoms with Gasteiger partial charge in [-0.15, -0.1) is 0 Å². The van der Waals surface area contributed by atoms with Crippen molar-refractivity contribution in [2.24, 2.45) is 5.41 Å². The maximum absolute atomic E-state index is 9.01. The fraction of sp³-hybridized carbons (Fsp3) is 0.417. The summed E-state index contributed by atoms with van der Waals surface area (Å²) in [6.07, 6.45) is -0.211. The number of para-hydroxylation sites is 2. The van der Waals surface area contributed by atoms with Gasteiger partial charge in [-0.1, -0.05) is 12.1 Å². The second-order valence-electron chi connectivity index (χ2n) is 4.20. The van der Waals surface area contributed by atoms with Gasteiger partial charge in [0.25, 0.3) is 0 Å². The number of hydrogen-bond donors (Lipinski definition) is 0. The molecule has 2 rings (SSSR count). The van der Waals surface area contributed by atoms with E-state index in [2.05, 4.69) is 6.07 Å². The van der Waals surface area contributed by atoms with Gasteiger partial charge in [0.05, 0.1) is 11.5 Å². The lowest BCUT2D eigenvalue weighted by molar-refractivity contribution is 0.0327. The lowest BCUT2D eigenvalue weighted by Crippen LogP contribution is -2.40. The highest BCUT2D eigenvalue weighted by Gasteiger charge is 2.35. The average molecular weight is 203 g/mol. The zero-order valence-corrected chi connectivity index (χ0v) is 8.86. The lowest BCUT2D eigenvalue weighted by atomic mass is 9.88. The third-order valence-electron chi connectivity index (χ3n) is 2.60. The summed E-state index contributed by atoms with van der Waals surface area (Å²) >= 11 is 0. The molecule has 1 unspecified atom stereocenters. The van der Waals surface area contributed by atoms with E-state index in [0.29, 0.717) is 6.61 Å². The molecule has 3 nitrogen and oxygen atoms in total. The van der Waals surface area contributed by atoms with Crippen molar-refractivity contribution in [1.82, 2.24) is 0 Å². The normalized spacial score (nSPS) is 19.4. The van der Waals surface area contributed by atoms with Gasteiger partial charge >= 0.3 is 0 Å². The van der Waals surface area contributed by atoms with Crippen molar-refractivity contribution in [2.45, 2.75) is 20.0 Å². The molecule has 0 aromatic heterocycles. The van der Waals surface area contributed by atoms with E-state index in [4.69, 9.17) is 14.7 Å². The highest BCUT2D eigenvalue weighted by molar-refractivity contribution is 5.41. The molecule has 0 fully saturated rings. The summed E-state index contributed by atoms with van der Waals surface area (Å²) in [7, 11) is 0. The Balaban J connectivity index is 2.23. The van der Waals surface area contributed by atoms with Crippen LogP contribution >= 0.6 is 0 Å². The zero-order valence-electron chi connectivity index (χ0n) is 8.86. The largest absolute Gasteiger partial charge is 0.486 e. The highest BCUT2D eigenvalue weighted by atomic mass is 16.6. The molecule has 0 bridgehead atoms. The summed E-state index contributed by atoms with van der Waals surface area (Å²) < 4.78 is 11.3. The van der Waals surface area contributed by atoms with E-state index in [0.717, 1.165) is 11.5 Å². The molecular formula is C12H13NO2. The van der Waals surface area contributed by atoms with Gasteiger partial charge in [0.1, 0.15) is 6.61 Å². The molecule has 15 heavy (non-hydrogen) atoms. The van der Waals surface area contributed by atoms with Gasteiger partial charge in [-0.05, 0) is 26.0 Å². The molecule has 0 aliphatic carbocycles. The van der Waals surface area contributed by atoms with E-state index in [1.165, 1.54) is 0 Å². The third-order valence-corrected chi connectivity index (χ3v) is 2.60. The van der Waals surface area contributed by atoms with Gasteiger partial charge in [-0.2, -0.15) is 5.26 Å². The molecule has 1 atom stereocenters. The first-order valence-electron chi connectivity index (χ1n) is 4.93. The van der Waals surface area contributed by atoms with Crippen molar-refractivity contribution in [2.75, 3.05) is 6.61 Å². The summed E-state index contributed by atoms with van der Waals surface area (Å²) in [4.78, 5) is 0. The van der Waals surface area contributed by atoms with Crippen LogP contribution in [-0.4, -0.2) is 12.7 Å². The van der Waals surface area contributed by atoms with Crippen molar-refractivity contribution in [1.29, 1.82) is 5.26 Å². The maximum Gasteiger partial charge on any atom is 0.161 e. The molecule has 0 spiro atoms. The number of nitrogens with zero attached hydrogens (tertiary/aromatic N) is 1. The Labute approximate surface area is 89.2 Å². The molecule has 0 radical (unpaired) electrons. The first-order chi connectivity index (χ1) is 7.13. The zero-order chi connectivity index (χ0) is 10.9. The first-order valence-corrected chi connectivity index (χ1v) is 4.93. The SMILES string of the molecule is CC(C)(C#N)C1COc2ccccc2O1. The number of hydrogen-bond acceptors (Lipinski definition) is 3. The van der Waals surface area contributed by atoms with E-state index >= 15 is 0 Å². The Kier molecular flexibility index (Phi) is 2.28. The molecule has 3 heteroatoms. The quantitative estimate of drug-likeness (QED) is 0.703. The van der Waals surface area contributed by atoms with E-state index < -0.39 is 5.41 Å². The second kappa shape index (κ2) is 3.47. The predicted octanol–water partition coefficient (Wildman–Crippen LogP) is 2.38. The van der Waals surface area contributed by atoms with Crippen LogP contribution in [0.4, 0.5) is 0 Å². The Bertz CT molecular complexity index is 406. The van der Waals surface area contributed by atoms with Crippen LogP contribution in [0.25, 0.3) is 0 Å². The van der Waals surface area contributed by atoms with Gasteiger partial charge in [-0.25, -0.2) is 0 Å². The fourth-order valence-electron chi connectivity index (χ4n) is 1.45. The first kappa shape index (κ1) is 9.85. The van der Waals surface area contributed by atoms with Crippen LogP contribution in [0.2, 0.25) is 0 Å². The Morgan fingerprint density at radius 3 is 2.67 bits per heavy atom. The molecule has 1 aliphatic rings. The Morgan fingerprint density at radius 2 is 2.00 bits per heavy atom. The van der Waals surface area contributed by atoms with E-state index in [1.807, 2.05) is 38.1 Å². The number of rotatable bonds is 1. The van der Waals surface area contributed by atoms with Crippen LogP contribution in [0.15, 0.2) is 24.3 Å². The minimum Gasteiger partial charge on any atom is -0.486 e. The van der Waals surface area contributed by atoms with Crippen LogP contribution in [-0.2, 0) is 0 Å². The number of nitriles is 1. The lowest BCUT2D eigenvalue weighted by Gasteiger charge is -2.33. The molecule has 1 heterocycles. The third kappa shape index (κ3) is 1.75. The smallest absolute Gasteiger partial charge is 0.161 e. The fourth-order valence-corrected chi connectivity index (χ4v) is 1.45. The molecule has 0 saturated carbocycles. The number of fused-ring (bicyclic) bond motifs is 1. The van der Waals surface area contributed by atoms with Crippen molar-refractivity contribution in [3.8, 4) is 17.6 Å². The molecule has 1 aromatic carbocycles. The maximum atomic E-state index is 9.01. The predicted molar refractivity (Wildman–Crippen MR) is 55.7 cm³/mol. The van der Waals surface area contributed by atoms with Crippen LogP contribution in [0.1, 0.15) is 13.8 Å². The summed E-state index contributed by atoms with van der Waals surface area (Å²) in [5, 5.41) is 9.01. The number of benzene rings is 1. The summed E-state index contributed by atoms with van der Waals surface area (Å²) in [5.41, 5.74) is -0.534. The summed E-state index contributed by atoms with van der Waals surface area (Å²) in [5.74, 6) is 1.47. The molecule has 0 saturated heterocycles. The summed E-state index contributed by atoms with van der Waals surface area (Å²) in [6.45, 7) is 4.14. The molecule has 78 valence electrons. The van der Waals surface area contributed by atoms with Crippen LogP contribution < -0.4 is 9.47 Å². The highest BCUT2D eigenvalue weighted by Crippen LogP contribution is 2.35. The second-order valence-corrected chi connectivity index (χ2v) is 4.20. The Hall–Kier alpha value is -1.69. The van der Waals surface area contributed by atoms with Crippen molar-refractivity contribution in [3.63, 3.8) is 0 Å². The summed E-state index contributed by atoms with van der Waals surface area (Å²) in [6, 6.07) is 9.75.